The number of rotatable bonds is 4. The molecule has 6 nitrogen and oxygen atoms in total. The van der Waals surface area contributed by atoms with Crippen LogP contribution in [0.25, 0.3) is 11.2 Å². The Morgan fingerprint density at radius 1 is 1.19 bits per heavy atom. The minimum Gasteiger partial charge on any atom is -0.481 e. The molecule has 0 aliphatic heterocycles. The van der Waals surface area contributed by atoms with Gasteiger partial charge in [0.1, 0.15) is 11.3 Å². The SMILES string of the molecule is O=C(O)C1CCC(CNc2ccc3nccnc3n2)CC1. The Labute approximate surface area is 122 Å². The smallest absolute Gasteiger partial charge is 0.306 e. The van der Waals surface area contributed by atoms with Crippen LogP contribution in [0.2, 0.25) is 0 Å². The maximum Gasteiger partial charge on any atom is 0.306 e. The molecule has 2 aromatic rings. The van der Waals surface area contributed by atoms with E-state index in [4.69, 9.17) is 5.11 Å². The van der Waals surface area contributed by atoms with Crippen LogP contribution in [0.3, 0.4) is 0 Å². The highest BCUT2D eigenvalue weighted by Gasteiger charge is 2.25. The molecule has 0 atom stereocenters. The van der Waals surface area contributed by atoms with Crippen molar-refractivity contribution in [3.63, 3.8) is 0 Å². The van der Waals surface area contributed by atoms with Crippen LogP contribution in [-0.4, -0.2) is 32.6 Å². The first-order chi connectivity index (χ1) is 10.2. The van der Waals surface area contributed by atoms with Crippen molar-refractivity contribution in [2.24, 2.45) is 11.8 Å². The molecule has 0 unspecified atom stereocenters. The van der Waals surface area contributed by atoms with E-state index in [9.17, 15) is 4.79 Å². The molecule has 1 saturated carbocycles. The highest BCUT2D eigenvalue weighted by molar-refractivity contribution is 5.71. The van der Waals surface area contributed by atoms with E-state index in [1.165, 1.54) is 0 Å². The summed E-state index contributed by atoms with van der Waals surface area (Å²) in [4.78, 5) is 23.7. The Morgan fingerprint density at radius 3 is 2.71 bits per heavy atom. The largest absolute Gasteiger partial charge is 0.481 e. The van der Waals surface area contributed by atoms with Gasteiger partial charge in [-0.2, -0.15) is 0 Å². The zero-order chi connectivity index (χ0) is 14.7. The number of hydrogen-bond acceptors (Lipinski definition) is 5. The monoisotopic (exact) mass is 286 g/mol. The number of nitrogens with one attached hydrogen (secondary N) is 1. The fraction of sp³-hybridized carbons (Fsp3) is 0.467. The third kappa shape index (κ3) is 3.26. The van der Waals surface area contributed by atoms with E-state index in [1.54, 1.807) is 12.4 Å². The minimum absolute atomic E-state index is 0.157. The number of carboxylic acid groups (broad SMARTS) is 1. The molecule has 2 N–H and O–H groups in total. The summed E-state index contributed by atoms with van der Waals surface area (Å²) in [6.07, 6.45) is 6.75. The van der Waals surface area contributed by atoms with Gasteiger partial charge in [0, 0.05) is 18.9 Å². The maximum absolute atomic E-state index is 10.9. The lowest BCUT2D eigenvalue weighted by atomic mass is 9.82. The van der Waals surface area contributed by atoms with Crippen molar-refractivity contribution < 1.29 is 9.90 Å². The Morgan fingerprint density at radius 2 is 1.95 bits per heavy atom. The van der Waals surface area contributed by atoms with Crippen LogP contribution in [0, 0.1) is 11.8 Å². The van der Waals surface area contributed by atoms with Crippen molar-refractivity contribution >= 4 is 23.0 Å². The van der Waals surface area contributed by atoms with E-state index >= 15 is 0 Å². The van der Waals surface area contributed by atoms with Crippen molar-refractivity contribution in [2.45, 2.75) is 25.7 Å². The summed E-state index contributed by atoms with van der Waals surface area (Å²) in [5.41, 5.74) is 1.42. The molecule has 0 bridgehead atoms. The predicted molar refractivity (Wildman–Crippen MR) is 78.9 cm³/mol. The molecule has 0 spiro atoms. The highest BCUT2D eigenvalue weighted by Crippen LogP contribution is 2.29. The topological polar surface area (TPSA) is 88.0 Å². The number of aromatic nitrogens is 3. The summed E-state index contributed by atoms with van der Waals surface area (Å²) >= 11 is 0. The lowest BCUT2D eigenvalue weighted by Gasteiger charge is -2.26. The second-order valence-corrected chi connectivity index (χ2v) is 5.53. The number of aliphatic carboxylic acids is 1. The van der Waals surface area contributed by atoms with Crippen molar-refractivity contribution in [1.29, 1.82) is 0 Å². The number of carbonyl (C=O) groups is 1. The van der Waals surface area contributed by atoms with Crippen molar-refractivity contribution in [2.75, 3.05) is 11.9 Å². The second kappa shape index (κ2) is 6.03. The zero-order valence-corrected chi connectivity index (χ0v) is 11.7. The summed E-state index contributed by atoms with van der Waals surface area (Å²) in [5, 5.41) is 12.3. The van der Waals surface area contributed by atoms with Crippen molar-refractivity contribution in [3.8, 4) is 0 Å². The molecule has 3 rings (SSSR count). The highest BCUT2D eigenvalue weighted by atomic mass is 16.4. The van der Waals surface area contributed by atoms with Crippen LogP contribution in [0.4, 0.5) is 5.82 Å². The van der Waals surface area contributed by atoms with Crippen LogP contribution >= 0.6 is 0 Å². The van der Waals surface area contributed by atoms with Crippen LogP contribution in [0.15, 0.2) is 24.5 Å². The Balaban J connectivity index is 1.56. The van der Waals surface area contributed by atoms with Crippen molar-refractivity contribution in [1.82, 2.24) is 15.0 Å². The van der Waals surface area contributed by atoms with E-state index in [1.807, 2.05) is 12.1 Å². The minimum atomic E-state index is -0.656. The summed E-state index contributed by atoms with van der Waals surface area (Å²) in [6, 6.07) is 3.80. The predicted octanol–water partition coefficient (Wildman–Crippen LogP) is 2.33. The number of hydrogen-bond donors (Lipinski definition) is 2. The molecule has 1 aliphatic rings. The molecule has 21 heavy (non-hydrogen) atoms. The summed E-state index contributed by atoms with van der Waals surface area (Å²) < 4.78 is 0. The first kappa shape index (κ1) is 13.7. The molecular formula is C15H18N4O2. The average Bonchev–Trinajstić information content (AvgIpc) is 2.53. The molecule has 2 heterocycles. The molecule has 0 saturated heterocycles. The number of pyridine rings is 1. The van der Waals surface area contributed by atoms with Gasteiger partial charge in [0.25, 0.3) is 0 Å². The van der Waals surface area contributed by atoms with E-state index < -0.39 is 5.97 Å². The van der Waals surface area contributed by atoms with Gasteiger partial charge >= 0.3 is 5.97 Å². The van der Waals surface area contributed by atoms with Gasteiger partial charge in [-0.1, -0.05) is 0 Å². The van der Waals surface area contributed by atoms with Gasteiger partial charge in [0.15, 0.2) is 5.65 Å². The van der Waals surface area contributed by atoms with Gasteiger partial charge in [-0.15, -0.1) is 0 Å². The third-order valence-electron chi connectivity index (χ3n) is 4.10. The normalized spacial score (nSPS) is 22.1. The van der Waals surface area contributed by atoms with Gasteiger partial charge in [-0.05, 0) is 43.7 Å². The fourth-order valence-electron chi connectivity index (χ4n) is 2.82. The van der Waals surface area contributed by atoms with Crippen molar-refractivity contribution in [3.05, 3.63) is 24.5 Å². The van der Waals surface area contributed by atoms with E-state index in [0.29, 0.717) is 11.6 Å². The Hall–Kier alpha value is -2.24. The summed E-state index contributed by atoms with van der Waals surface area (Å²) in [7, 11) is 0. The molecule has 0 aromatic carbocycles. The van der Waals surface area contributed by atoms with E-state index in [-0.39, 0.29) is 5.92 Å². The Bertz CT molecular complexity index is 638. The van der Waals surface area contributed by atoms with Crippen LogP contribution in [-0.2, 0) is 4.79 Å². The van der Waals surface area contributed by atoms with Gasteiger partial charge < -0.3 is 10.4 Å². The molecule has 2 aromatic heterocycles. The van der Waals surface area contributed by atoms with Gasteiger partial charge in [0.05, 0.1) is 5.92 Å². The summed E-state index contributed by atoms with van der Waals surface area (Å²) in [5.74, 6) is 0.495. The third-order valence-corrected chi connectivity index (χ3v) is 4.10. The lowest BCUT2D eigenvalue weighted by Crippen LogP contribution is -2.25. The molecule has 1 aliphatic carbocycles. The average molecular weight is 286 g/mol. The van der Waals surface area contributed by atoms with E-state index in [2.05, 4.69) is 20.3 Å². The number of nitrogens with zero attached hydrogens (tertiary/aromatic N) is 3. The quantitative estimate of drug-likeness (QED) is 0.896. The molecule has 0 amide bonds. The van der Waals surface area contributed by atoms with Crippen LogP contribution < -0.4 is 5.32 Å². The summed E-state index contributed by atoms with van der Waals surface area (Å²) in [6.45, 7) is 0.825. The fourth-order valence-corrected chi connectivity index (χ4v) is 2.82. The maximum atomic E-state index is 10.9. The zero-order valence-electron chi connectivity index (χ0n) is 11.7. The van der Waals surface area contributed by atoms with Crippen LogP contribution in [0.5, 0.6) is 0 Å². The van der Waals surface area contributed by atoms with Crippen LogP contribution in [0.1, 0.15) is 25.7 Å². The number of carboxylic acids is 1. The van der Waals surface area contributed by atoms with E-state index in [0.717, 1.165) is 43.6 Å². The first-order valence-electron chi connectivity index (χ1n) is 7.27. The molecule has 110 valence electrons. The van der Waals surface area contributed by atoms with Gasteiger partial charge in [0.2, 0.25) is 0 Å². The first-order valence-corrected chi connectivity index (χ1v) is 7.27. The molecule has 6 heteroatoms. The van der Waals surface area contributed by atoms with Gasteiger partial charge in [-0.25, -0.2) is 9.97 Å². The molecule has 1 fully saturated rings. The Kier molecular flexibility index (Phi) is 3.94. The number of fused-ring (bicyclic) bond motifs is 1. The number of anilines is 1. The molecular weight excluding hydrogens is 268 g/mol. The standard InChI is InChI=1S/C15H18N4O2/c20-15(21)11-3-1-10(2-4-11)9-18-13-6-5-12-14(19-13)17-8-7-16-12/h5-8,10-11H,1-4,9H2,(H,20,21)(H,17,18,19). The molecule has 0 radical (unpaired) electrons. The van der Waals surface area contributed by atoms with Gasteiger partial charge in [-0.3, -0.25) is 9.78 Å². The second-order valence-electron chi connectivity index (χ2n) is 5.53. The lowest BCUT2D eigenvalue weighted by molar-refractivity contribution is -0.143.